The SMILES string of the molecule is O=C1COc2ccccc2N1CCC(=O)N(Cc1c(F)cccc1Cl)C1CC1. The van der Waals surface area contributed by atoms with Gasteiger partial charge in [0, 0.05) is 29.6 Å². The molecule has 0 bridgehead atoms. The number of carbonyl (C=O) groups is 2. The van der Waals surface area contributed by atoms with Gasteiger partial charge in [-0.05, 0) is 37.1 Å². The van der Waals surface area contributed by atoms with Gasteiger partial charge in [0.05, 0.1) is 12.2 Å². The van der Waals surface area contributed by atoms with Crippen molar-refractivity contribution in [3.63, 3.8) is 0 Å². The van der Waals surface area contributed by atoms with Gasteiger partial charge in [0.2, 0.25) is 5.91 Å². The van der Waals surface area contributed by atoms with Crippen molar-refractivity contribution < 1.29 is 18.7 Å². The number of nitrogens with zero attached hydrogens (tertiary/aromatic N) is 2. The van der Waals surface area contributed by atoms with E-state index >= 15 is 0 Å². The summed E-state index contributed by atoms with van der Waals surface area (Å²) < 4.78 is 19.6. The first-order chi connectivity index (χ1) is 13.5. The normalized spacial score (nSPS) is 15.8. The Morgan fingerprint density at radius 2 is 2.00 bits per heavy atom. The molecule has 2 aromatic rings. The Morgan fingerprint density at radius 3 is 2.75 bits per heavy atom. The van der Waals surface area contributed by atoms with Gasteiger partial charge in [0.1, 0.15) is 11.6 Å². The van der Waals surface area contributed by atoms with Crippen molar-refractivity contribution in [2.24, 2.45) is 0 Å². The number of fused-ring (bicyclic) bond motifs is 1. The summed E-state index contributed by atoms with van der Waals surface area (Å²) in [7, 11) is 0. The van der Waals surface area contributed by atoms with Crippen molar-refractivity contribution in [3.05, 3.63) is 58.9 Å². The Balaban J connectivity index is 1.47. The molecule has 0 aromatic heterocycles. The molecule has 146 valence electrons. The van der Waals surface area contributed by atoms with Crippen LogP contribution in [0.1, 0.15) is 24.8 Å². The first kappa shape index (κ1) is 18.7. The van der Waals surface area contributed by atoms with Crippen LogP contribution in [0.4, 0.5) is 10.1 Å². The lowest BCUT2D eigenvalue weighted by atomic mass is 10.1. The summed E-state index contributed by atoms with van der Waals surface area (Å²) in [6.07, 6.45) is 1.96. The molecule has 1 heterocycles. The van der Waals surface area contributed by atoms with Crippen molar-refractivity contribution in [2.75, 3.05) is 18.1 Å². The van der Waals surface area contributed by atoms with Crippen molar-refractivity contribution in [1.29, 1.82) is 0 Å². The molecule has 1 saturated carbocycles. The molecular weight excluding hydrogens is 383 g/mol. The van der Waals surface area contributed by atoms with Gasteiger partial charge in [-0.2, -0.15) is 0 Å². The van der Waals surface area contributed by atoms with Crippen molar-refractivity contribution in [1.82, 2.24) is 4.90 Å². The maximum absolute atomic E-state index is 14.2. The third-order valence-corrected chi connectivity index (χ3v) is 5.41. The molecule has 0 radical (unpaired) electrons. The van der Waals surface area contributed by atoms with Crippen LogP contribution in [-0.2, 0) is 16.1 Å². The maximum atomic E-state index is 14.2. The zero-order valence-electron chi connectivity index (χ0n) is 15.2. The van der Waals surface area contributed by atoms with E-state index in [2.05, 4.69) is 0 Å². The van der Waals surface area contributed by atoms with Crippen LogP contribution in [0.3, 0.4) is 0 Å². The molecule has 0 N–H and O–H groups in total. The lowest BCUT2D eigenvalue weighted by Gasteiger charge is -2.30. The minimum atomic E-state index is -0.414. The van der Waals surface area contributed by atoms with E-state index in [1.165, 1.54) is 6.07 Å². The van der Waals surface area contributed by atoms with E-state index in [1.54, 1.807) is 34.1 Å². The van der Waals surface area contributed by atoms with Crippen LogP contribution < -0.4 is 9.64 Å². The summed E-state index contributed by atoms with van der Waals surface area (Å²) in [6, 6.07) is 11.9. The second-order valence-corrected chi connectivity index (χ2v) is 7.41. The number of hydrogen-bond donors (Lipinski definition) is 0. The summed E-state index contributed by atoms with van der Waals surface area (Å²) in [4.78, 5) is 28.4. The van der Waals surface area contributed by atoms with E-state index in [-0.39, 0.29) is 44.0 Å². The fourth-order valence-electron chi connectivity index (χ4n) is 3.41. The van der Waals surface area contributed by atoms with Crippen molar-refractivity contribution in [3.8, 4) is 5.75 Å². The van der Waals surface area contributed by atoms with Gasteiger partial charge in [-0.1, -0.05) is 29.8 Å². The second-order valence-electron chi connectivity index (χ2n) is 7.00. The van der Waals surface area contributed by atoms with Crippen LogP contribution in [-0.4, -0.2) is 35.9 Å². The molecule has 2 amide bonds. The van der Waals surface area contributed by atoms with Crippen LogP contribution in [0.5, 0.6) is 5.75 Å². The minimum Gasteiger partial charge on any atom is -0.482 e. The Bertz CT molecular complexity index is 896. The molecule has 1 aliphatic heterocycles. The number of halogens is 2. The van der Waals surface area contributed by atoms with Gasteiger partial charge >= 0.3 is 0 Å². The van der Waals surface area contributed by atoms with Crippen LogP contribution >= 0.6 is 11.6 Å². The zero-order valence-corrected chi connectivity index (χ0v) is 16.0. The molecule has 0 unspecified atom stereocenters. The summed E-state index contributed by atoms with van der Waals surface area (Å²) in [6.45, 7) is 0.358. The minimum absolute atomic E-state index is 0.0393. The highest BCUT2D eigenvalue weighted by Crippen LogP contribution is 2.33. The van der Waals surface area contributed by atoms with Gasteiger partial charge in [-0.3, -0.25) is 9.59 Å². The molecule has 2 aliphatic rings. The lowest BCUT2D eigenvalue weighted by Crippen LogP contribution is -2.42. The molecule has 2 aromatic carbocycles. The molecule has 1 aliphatic carbocycles. The maximum Gasteiger partial charge on any atom is 0.265 e. The Labute approximate surface area is 167 Å². The highest BCUT2D eigenvalue weighted by Gasteiger charge is 2.34. The summed E-state index contributed by atoms with van der Waals surface area (Å²) in [5.41, 5.74) is 0.999. The number of rotatable bonds is 6. The molecular formula is C21H20ClFN2O3. The Morgan fingerprint density at radius 1 is 1.21 bits per heavy atom. The molecule has 0 atom stereocenters. The van der Waals surface area contributed by atoms with E-state index in [4.69, 9.17) is 16.3 Å². The average Bonchev–Trinajstić information content (AvgIpc) is 3.52. The number of ether oxygens (including phenoxy) is 1. The topological polar surface area (TPSA) is 49.9 Å². The fraction of sp³-hybridized carbons (Fsp3) is 0.333. The summed E-state index contributed by atoms with van der Waals surface area (Å²) in [5.74, 6) is -0.0739. The van der Waals surface area contributed by atoms with E-state index < -0.39 is 5.82 Å². The summed E-state index contributed by atoms with van der Waals surface area (Å²) in [5, 5.41) is 0.315. The van der Waals surface area contributed by atoms with E-state index in [0.717, 1.165) is 12.8 Å². The van der Waals surface area contributed by atoms with Crippen molar-refractivity contribution >= 4 is 29.1 Å². The van der Waals surface area contributed by atoms with Gasteiger partial charge in [-0.25, -0.2) is 4.39 Å². The molecule has 4 rings (SSSR count). The molecule has 1 fully saturated rings. The predicted molar refractivity (Wildman–Crippen MR) is 104 cm³/mol. The highest BCUT2D eigenvalue weighted by atomic mass is 35.5. The highest BCUT2D eigenvalue weighted by molar-refractivity contribution is 6.31. The smallest absolute Gasteiger partial charge is 0.265 e. The predicted octanol–water partition coefficient (Wildman–Crippen LogP) is 3.79. The van der Waals surface area contributed by atoms with Gasteiger partial charge in [0.25, 0.3) is 5.91 Å². The van der Waals surface area contributed by atoms with Crippen molar-refractivity contribution in [2.45, 2.75) is 31.8 Å². The first-order valence-electron chi connectivity index (χ1n) is 9.29. The van der Waals surface area contributed by atoms with Crippen LogP contribution in [0.15, 0.2) is 42.5 Å². The number of amides is 2. The van der Waals surface area contributed by atoms with Gasteiger partial charge in [0.15, 0.2) is 6.61 Å². The van der Waals surface area contributed by atoms with E-state index in [9.17, 15) is 14.0 Å². The first-order valence-corrected chi connectivity index (χ1v) is 9.67. The van der Waals surface area contributed by atoms with E-state index in [0.29, 0.717) is 22.0 Å². The third kappa shape index (κ3) is 3.83. The quantitative estimate of drug-likeness (QED) is 0.738. The van der Waals surface area contributed by atoms with Crippen LogP contribution in [0.2, 0.25) is 5.02 Å². The standard InChI is InChI=1S/C21H20ClFN2O3/c22-16-4-3-5-17(23)15(16)12-25(14-8-9-14)20(26)10-11-24-18-6-1-2-7-19(18)28-13-21(24)27/h1-7,14H,8-13H2. The number of anilines is 1. The zero-order chi connectivity index (χ0) is 19.7. The number of carbonyl (C=O) groups excluding carboxylic acids is 2. The Kier molecular flexibility index (Phi) is 5.22. The van der Waals surface area contributed by atoms with E-state index in [1.807, 2.05) is 12.1 Å². The fourth-order valence-corrected chi connectivity index (χ4v) is 3.63. The lowest BCUT2D eigenvalue weighted by molar-refractivity contribution is -0.132. The average molecular weight is 403 g/mol. The Hall–Kier alpha value is -2.60. The molecule has 7 heteroatoms. The van der Waals surface area contributed by atoms with Gasteiger partial charge in [-0.15, -0.1) is 0 Å². The largest absolute Gasteiger partial charge is 0.482 e. The molecule has 5 nitrogen and oxygen atoms in total. The number of hydrogen-bond acceptors (Lipinski definition) is 3. The van der Waals surface area contributed by atoms with Crippen LogP contribution in [0.25, 0.3) is 0 Å². The molecule has 28 heavy (non-hydrogen) atoms. The molecule has 0 spiro atoms. The number of para-hydroxylation sites is 2. The van der Waals surface area contributed by atoms with Crippen LogP contribution in [0, 0.1) is 5.82 Å². The number of benzene rings is 2. The molecule has 0 saturated heterocycles. The third-order valence-electron chi connectivity index (χ3n) is 5.06. The second kappa shape index (κ2) is 7.80. The monoisotopic (exact) mass is 402 g/mol. The van der Waals surface area contributed by atoms with Gasteiger partial charge < -0.3 is 14.5 Å². The summed E-state index contributed by atoms with van der Waals surface area (Å²) >= 11 is 6.13.